The zero-order valence-corrected chi connectivity index (χ0v) is 14.1. The SMILES string of the molecule is Cc1nn(-c2ccccc2)c2nc3c(c(N)c12)C(=O)CC(C)(C)C3. The van der Waals surface area contributed by atoms with Crippen LogP contribution in [0.5, 0.6) is 0 Å². The first-order chi connectivity index (χ1) is 11.4. The number of aryl methyl sites for hydroxylation is 1. The molecule has 2 N–H and O–H groups in total. The second-order valence-electron chi connectivity index (χ2n) is 7.32. The molecule has 4 rings (SSSR count). The first-order valence-corrected chi connectivity index (χ1v) is 8.14. The lowest BCUT2D eigenvalue weighted by Gasteiger charge is -2.30. The number of nitrogens with zero attached hydrogens (tertiary/aromatic N) is 3. The van der Waals surface area contributed by atoms with Crippen LogP contribution < -0.4 is 5.73 Å². The van der Waals surface area contributed by atoms with E-state index >= 15 is 0 Å². The average molecular weight is 320 g/mol. The number of pyridine rings is 1. The maximum absolute atomic E-state index is 12.6. The minimum atomic E-state index is -0.0934. The topological polar surface area (TPSA) is 73.8 Å². The molecule has 1 aliphatic rings. The first kappa shape index (κ1) is 14.9. The number of aromatic nitrogens is 3. The highest BCUT2D eigenvalue weighted by Crippen LogP contribution is 2.39. The normalized spacial score (nSPS) is 16.4. The summed E-state index contributed by atoms with van der Waals surface area (Å²) in [6, 6.07) is 9.86. The number of rotatable bonds is 1. The highest BCUT2D eigenvalue weighted by Gasteiger charge is 2.35. The number of nitrogens with two attached hydrogens (primary N) is 1. The molecule has 1 aromatic carbocycles. The van der Waals surface area contributed by atoms with Crippen LogP contribution in [0.25, 0.3) is 16.7 Å². The summed E-state index contributed by atoms with van der Waals surface area (Å²) >= 11 is 0. The molecule has 0 radical (unpaired) electrons. The molecule has 0 spiro atoms. The molecule has 5 heteroatoms. The van der Waals surface area contributed by atoms with Crippen LogP contribution in [0.1, 0.15) is 42.0 Å². The number of carbonyl (C=O) groups is 1. The smallest absolute Gasteiger partial charge is 0.167 e. The van der Waals surface area contributed by atoms with Crippen molar-refractivity contribution < 1.29 is 4.79 Å². The number of hydrogen-bond donors (Lipinski definition) is 1. The molecule has 0 saturated carbocycles. The van der Waals surface area contributed by atoms with E-state index in [9.17, 15) is 4.79 Å². The molecule has 5 nitrogen and oxygen atoms in total. The van der Waals surface area contributed by atoms with Gasteiger partial charge in [-0.1, -0.05) is 32.0 Å². The quantitative estimate of drug-likeness (QED) is 0.745. The van der Waals surface area contributed by atoms with Gasteiger partial charge in [0, 0.05) is 6.42 Å². The van der Waals surface area contributed by atoms with Gasteiger partial charge in [-0.2, -0.15) is 5.10 Å². The molecule has 0 aliphatic heterocycles. The van der Waals surface area contributed by atoms with Gasteiger partial charge in [0.1, 0.15) is 0 Å². The van der Waals surface area contributed by atoms with Crippen LogP contribution in [0.15, 0.2) is 30.3 Å². The molecule has 0 fully saturated rings. The molecule has 0 saturated heterocycles. The second kappa shape index (κ2) is 4.90. The van der Waals surface area contributed by atoms with E-state index in [2.05, 4.69) is 18.9 Å². The Morgan fingerprint density at radius 3 is 2.58 bits per heavy atom. The summed E-state index contributed by atoms with van der Waals surface area (Å²) in [7, 11) is 0. The van der Waals surface area contributed by atoms with Crippen molar-refractivity contribution in [3.05, 3.63) is 47.3 Å². The predicted molar refractivity (Wildman–Crippen MR) is 94.4 cm³/mol. The molecule has 2 heterocycles. The standard InChI is InChI=1S/C19H20N4O/c1-11-15-17(20)16-13(9-19(2,3)10-14(16)24)21-18(15)23(22-11)12-7-5-4-6-8-12/h4-8H,9-10H2,1-3H3,(H2,20,21). The van der Waals surface area contributed by atoms with Crippen LogP contribution >= 0.6 is 0 Å². The van der Waals surface area contributed by atoms with Crippen LogP contribution in [0, 0.1) is 12.3 Å². The van der Waals surface area contributed by atoms with Crippen molar-refractivity contribution in [3.63, 3.8) is 0 Å². The summed E-state index contributed by atoms with van der Waals surface area (Å²) in [6.07, 6.45) is 1.25. The summed E-state index contributed by atoms with van der Waals surface area (Å²) in [6.45, 7) is 6.09. The minimum Gasteiger partial charge on any atom is -0.397 e. The number of fused-ring (bicyclic) bond motifs is 2. The average Bonchev–Trinajstić information content (AvgIpc) is 2.83. The molecule has 122 valence electrons. The van der Waals surface area contributed by atoms with Crippen molar-refractivity contribution >= 4 is 22.5 Å². The molecule has 0 bridgehead atoms. The van der Waals surface area contributed by atoms with Gasteiger partial charge in [0.05, 0.1) is 33.7 Å². The lowest BCUT2D eigenvalue weighted by molar-refractivity contribution is 0.0912. The van der Waals surface area contributed by atoms with Gasteiger partial charge in [0.15, 0.2) is 11.4 Å². The monoisotopic (exact) mass is 320 g/mol. The maximum atomic E-state index is 12.6. The van der Waals surface area contributed by atoms with E-state index in [0.717, 1.165) is 34.5 Å². The van der Waals surface area contributed by atoms with Crippen molar-refractivity contribution in [2.75, 3.05) is 5.73 Å². The molecule has 24 heavy (non-hydrogen) atoms. The third-order valence-electron chi connectivity index (χ3n) is 4.67. The molecular formula is C19H20N4O. The molecule has 0 amide bonds. The molecular weight excluding hydrogens is 300 g/mol. The Balaban J connectivity index is 2.04. The van der Waals surface area contributed by atoms with Gasteiger partial charge in [-0.25, -0.2) is 9.67 Å². The predicted octanol–water partition coefficient (Wildman–Crippen LogP) is 3.47. The van der Waals surface area contributed by atoms with Crippen molar-refractivity contribution in [1.82, 2.24) is 14.8 Å². The van der Waals surface area contributed by atoms with Gasteiger partial charge in [0.25, 0.3) is 0 Å². The zero-order valence-electron chi connectivity index (χ0n) is 14.1. The van der Waals surface area contributed by atoms with Gasteiger partial charge < -0.3 is 5.73 Å². The summed E-state index contributed by atoms with van der Waals surface area (Å²) in [5.74, 6) is 0.0833. The van der Waals surface area contributed by atoms with E-state index in [0.29, 0.717) is 17.7 Å². The van der Waals surface area contributed by atoms with E-state index in [1.165, 1.54) is 0 Å². The molecule has 2 aromatic heterocycles. The largest absolute Gasteiger partial charge is 0.397 e. The van der Waals surface area contributed by atoms with Crippen LogP contribution in [0.4, 0.5) is 5.69 Å². The first-order valence-electron chi connectivity index (χ1n) is 8.14. The summed E-state index contributed by atoms with van der Waals surface area (Å²) in [5, 5.41) is 5.40. The Morgan fingerprint density at radius 1 is 1.17 bits per heavy atom. The van der Waals surface area contributed by atoms with Crippen LogP contribution in [0.3, 0.4) is 0 Å². The molecule has 3 aromatic rings. The highest BCUT2D eigenvalue weighted by atomic mass is 16.1. The summed E-state index contributed by atoms with van der Waals surface area (Å²) in [5.41, 5.74) is 10.7. The Labute approximate surface area is 140 Å². The number of anilines is 1. The van der Waals surface area contributed by atoms with Crippen LogP contribution in [-0.4, -0.2) is 20.5 Å². The number of nitrogen functional groups attached to an aromatic ring is 1. The van der Waals surface area contributed by atoms with Gasteiger partial charge in [-0.15, -0.1) is 0 Å². The number of Topliss-reactive ketones (excluding diaryl/α,β-unsaturated/α-hetero) is 1. The number of hydrogen-bond acceptors (Lipinski definition) is 4. The Hall–Kier alpha value is -2.69. The van der Waals surface area contributed by atoms with Crippen molar-refractivity contribution in [2.24, 2.45) is 5.41 Å². The number of benzene rings is 1. The summed E-state index contributed by atoms with van der Waals surface area (Å²) < 4.78 is 1.81. The lowest BCUT2D eigenvalue weighted by atomic mass is 9.75. The third kappa shape index (κ3) is 2.12. The lowest BCUT2D eigenvalue weighted by Crippen LogP contribution is -2.29. The maximum Gasteiger partial charge on any atom is 0.167 e. The van der Waals surface area contributed by atoms with Gasteiger partial charge >= 0.3 is 0 Å². The van der Waals surface area contributed by atoms with Gasteiger partial charge in [0.2, 0.25) is 0 Å². The zero-order chi connectivity index (χ0) is 17.1. The molecule has 1 aliphatic carbocycles. The molecule has 0 atom stereocenters. The van der Waals surface area contributed by atoms with E-state index < -0.39 is 0 Å². The third-order valence-corrected chi connectivity index (χ3v) is 4.67. The second-order valence-corrected chi connectivity index (χ2v) is 7.32. The number of ketones is 1. The fourth-order valence-electron chi connectivity index (χ4n) is 3.62. The summed E-state index contributed by atoms with van der Waals surface area (Å²) in [4.78, 5) is 17.4. The Morgan fingerprint density at radius 2 is 1.88 bits per heavy atom. The Kier molecular flexibility index (Phi) is 3.04. The van der Waals surface area contributed by atoms with E-state index in [4.69, 9.17) is 10.7 Å². The van der Waals surface area contributed by atoms with Crippen molar-refractivity contribution in [3.8, 4) is 5.69 Å². The highest BCUT2D eigenvalue weighted by molar-refractivity contribution is 6.09. The van der Waals surface area contributed by atoms with E-state index in [1.807, 2.05) is 41.9 Å². The van der Waals surface area contributed by atoms with Crippen molar-refractivity contribution in [1.29, 1.82) is 0 Å². The number of para-hydroxylation sites is 1. The number of carbonyl (C=O) groups excluding carboxylic acids is 1. The Bertz CT molecular complexity index is 970. The van der Waals surface area contributed by atoms with Crippen LogP contribution in [-0.2, 0) is 6.42 Å². The van der Waals surface area contributed by atoms with Crippen LogP contribution in [0.2, 0.25) is 0 Å². The van der Waals surface area contributed by atoms with Gasteiger partial charge in [-0.3, -0.25) is 4.79 Å². The van der Waals surface area contributed by atoms with E-state index in [-0.39, 0.29) is 11.2 Å². The fraction of sp³-hybridized carbons (Fsp3) is 0.316. The van der Waals surface area contributed by atoms with Crippen molar-refractivity contribution in [2.45, 2.75) is 33.6 Å². The molecule has 0 unspecified atom stereocenters. The van der Waals surface area contributed by atoms with Gasteiger partial charge in [-0.05, 0) is 30.9 Å². The fourth-order valence-corrected chi connectivity index (χ4v) is 3.62. The minimum absolute atomic E-state index is 0.0833. The van der Waals surface area contributed by atoms with E-state index in [1.54, 1.807) is 0 Å².